The number of aromatic nitrogens is 3. The second-order valence-electron chi connectivity index (χ2n) is 8.70. The third-order valence-corrected chi connectivity index (χ3v) is 6.95. The molecule has 0 bridgehead atoms. The van der Waals surface area contributed by atoms with Crippen LogP contribution in [0.3, 0.4) is 0 Å². The van der Waals surface area contributed by atoms with E-state index >= 15 is 0 Å². The van der Waals surface area contributed by atoms with Crippen LogP contribution in [0.25, 0.3) is 5.82 Å². The minimum absolute atomic E-state index is 0.161. The van der Waals surface area contributed by atoms with Gasteiger partial charge in [-0.15, -0.1) is 0 Å². The first-order valence-electron chi connectivity index (χ1n) is 10.6. The zero-order valence-electron chi connectivity index (χ0n) is 16.6. The summed E-state index contributed by atoms with van der Waals surface area (Å²) in [5, 5.41) is 4.24. The van der Waals surface area contributed by atoms with E-state index in [4.69, 9.17) is 16.6 Å². The molecule has 5 nitrogen and oxygen atoms in total. The Balaban J connectivity index is 1.29. The van der Waals surface area contributed by atoms with E-state index in [0.29, 0.717) is 23.0 Å². The van der Waals surface area contributed by atoms with Gasteiger partial charge in [0, 0.05) is 42.3 Å². The fraction of sp³-hybridized carbons (Fsp3) is 0.391. The Morgan fingerprint density at radius 2 is 2.00 bits per heavy atom. The molecule has 30 heavy (non-hydrogen) atoms. The molecule has 0 radical (unpaired) electrons. The average Bonchev–Trinajstić information content (AvgIpc) is 3.49. The van der Waals surface area contributed by atoms with Crippen LogP contribution < -0.4 is 5.32 Å². The molecule has 3 aromatic rings. The Hall–Kier alpha value is -2.44. The van der Waals surface area contributed by atoms with E-state index in [1.807, 2.05) is 18.5 Å². The summed E-state index contributed by atoms with van der Waals surface area (Å²) in [6.07, 6.45) is 8.19. The number of likely N-dealkylation sites (tertiary alicyclic amines) is 1. The summed E-state index contributed by atoms with van der Waals surface area (Å²) in [4.78, 5) is 11.8. The maximum atomic E-state index is 14.3. The summed E-state index contributed by atoms with van der Waals surface area (Å²) in [5.41, 5.74) is 2.82. The highest BCUT2D eigenvalue weighted by Crippen LogP contribution is 2.47. The number of pyridine rings is 1. The quantitative estimate of drug-likeness (QED) is 0.653. The maximum absolute atomic E-state index is 14.3. The lowest BCUT2D eigenvalue weighted by Crippen LogP contribution is -2.49. The van der Waals surface area contributed by atoms with Crippen LogP contribution in [-0.4, -0.2) is 32.5 Å². The van der Waals surface area contributed by atoms with Gasteiger partial charge in [-0.25, -0.2) is 14.4 Å². The number of fused-ring (bicyclic) bond motifs is 4. The van der Waals surface area contributed by atoms with Crippen LogP contribution in [-0.2, 0) is 12.1 Å². The third-order valence-electron chi connectivity index (χ3n) is 6.71. The Kier molecular flexibility index (Phi) is 4.15. The average molecular weight is 424 g/mol. The fourth-order valence-electron chi connectivity index (χ4n) is 4.92. The van der Waals surface area contributed by atoms with E-state index in [-0.39, 0.29) is 11.4 Å². The SMILES string of the molecule is Fc1cc(Cl)ccc1CN1CCC2(CC1)Nc1cccnc1-n1c2cnc1C1CC1. The zero-order chi connectivity index (χ0) is 20.3. The van der Waals surface area contributed by atoms with E-state index in [1.165, 1.54) is 24.6 Å². The Morgan fingerprint density at radius 3 is 2.77 bits per heavy atom. The smallest absolute Gasteiger partial charge is 0.161 e. The molecule has 0 amide bonds. The molecule has 1 saturated carbocycles. The number of anilines is 1. The summed E-state index contributed by atoms with van der Waals surface area (Å²) in [7, 11) is 0. The minimum atomic E-state index is -0.231. The van der Waals surface area contributed by atoms with Crippen molar-refractivity contribution in [2.24, 2.45) is 0 Å². The normalized spacial score (nSPS) is 19.9. The molecular formula is C23H23ClFN5. The lowest BCUT2D eigenvalue weighted by Gasteiger charge is -2.45. The number of nitrogens with zero attached hydrogens (tertiary/aromatic N) is 4. The van der Waals surface area contributed by atoms with Crippen molar-refractivity contribution in [3.8, 4) is 5.82 Å². The predicted octanol–water partition coefficient (Wildman–Crippen LogP) is 4.85. The van der Waals surface area contributed by atoms with Crippen molar-refractivity contribution in [1.29, 1.82) is 0 Å². The Bertz CT molecular complexity index is 1110. The lowest BCUT2D eigenvalue weighted by molar-refractivity contribution is 0.160. The van der Waals surface area contributed by atoms with E-state index in [1.54, 1.807) is 12.1 Å². The molecule has 154 valence electrons. The van der Waals surface area contributed by atoms with Gasteiger partial charge in [-0.1, -0.05) is 17.7 Å². The van der Waals surface area contributed by atoms with Gasteiger partial charge in [-0.2, -0.15) is 0 Å². The Labute approximate surface area is 179 Å². The Morgan fingerprint density at radius 1 is 1.17 bits per heavy atom. The number of halogens is 2. The molecule has 1 N–H and O–H groups in total. The molecule has 1 spiro atoms. The van der Waals surface area contributed by atoms with Crippen LogP contribution in [0, 0.1) is 5.82 Å². The van der Waals surface area contributed by atoms with E-state index in [9.17, 15) is 4.39 Å². The zero-order valence-corrected chi connectivity index (χ0v) is 17.4. The molecule has 2 aliphatic heterocycles. The second-order valence-corrected chi connectivity index (χ2v) is 9.14. The van der Waals surface area contributed by atoms with Crippen LogP contribution in [0.4, 0.5) is 10.1 Å². The number of rotatable bonds is 3. The molecule has 1 aromatic carbocycles. The molecule has 2 aromatic heterocycles. The van der Waals surface area contributed by atoms with Crippen molar-refractivity contribution in [3.05, 3.63) is 70.6 Å². The molecule has 0 atom stereocenters. The van der Waals surface area contributed by atoms with Gasteiger partial charge in [0.15, 0.2) is 5.82 Å². The van der Waals surface area contributed by atoms with Crippen molar-refractivity contribution in [3.63, 3.8) is 0 Å². The van der Waals surface area contributed by atoms with Crippen LogP contribution >= 0.6 is 11.6 Å². The molecule has 2 fully saturated rings. The molecule has 1 saturated heterocycles. The minimum Gasteiger partial charge on any atom is -0.371 e. The molecule has 1 aliphatic carbocycles. The third kappa shape index (κ3) is 2.93. The van der Waals surface area contributed by atoms with Gasteiger partial charge in [0.2, 0.25) is 0 Å². The largest absolute Gasteiger partial charge is 0.371 e. The van der Waals surface area contributed by atoms with Gasteiger partial charge in [0.05, 0.1) is 23.1 Å². The van der Waals surface area contributed by atoms with E-state index < -0.39 is 0 Å². The molecule has 6 rings (SSSR count). The number of hydrogen-bond acceptors (Lipinski definition) is 4. The molecule has 0 unspecified atom stereocenters. The molecule has 7 heteroatoms. The van der Waals surface area contributed by atoms with Crippen molar-refractivity contribution in [1.82, 2.24) is 19.4 Å². The standard InChI is InChI=1S/C23H23ClFN5/c24-17-6-5-16(18(25)12-17)14-29-10-7-23(8-11-29)20-13-27-21(15-3-4-15)30(20)22-19(28-23)2-1-9-26-22/h1-2,5-6,9,12-13,15,28H,3-4,7-8,10-11,14H2. The summed E-state index contributed by atoms with van der Waals surface area (Å²) >= 11 is 5.90. The monoisotopic (exact) mass is 423 g/mol. The highest BCUT2D eigenvalue weighted by Gasteiger charge is 2.44. The van der Waals surface area contributed by atoms with Crippen LogP contribution in [0.2, 0.25) is 5.02 Å². The number of piperidine rings is 1. The molecular weight excluding hydrogens is 401 g/mol. The van der Waals surface area contributed by atoms with Gasteiger partial charge in [0.25, 0.3) is 0 Å². The second kappa shape index (κ2) is 6.79. The van der Waals surface area contributed by atoms with E-state index in [0.717, 1.165) is 43.3 Å². The first-order chi connectivity index (χ1) is 14.6. The molecule has 3 aliphatic rings. The number of benzene rings is 1. The summed E-state index contributed by atoms with van der Waals surface area (Å²) < 4.78 is 16.6. The lowest BCUT2D eigenvalue weighted by atomic mass is 9.82. The first kappa shape index (κ1) is 18.3. The fourth-order valence-corrected chi connectivity index (χ4v) is 5.07. The van der Waals surface area contributed by atoms with Crippen molar-refractivity contribution >= 4 is 17.3 Å². The summed E-state index contributed by atoms with van der Waals surface area (Å²) in [5.74, 6) is 2.43. The molecule has 4 heterocycles. The predicted molar refractivity (Wildman–Crippen MR) is 115 cm³/mol. The highest BCUT2D eigenvalue weighted by atomic mass is 35.5. The van der Waals surface area contributed by atoms with Crippen LogP contribution in [0.1, 0.15) is 48.7 Å². The first-order valence-corrected chi connectivity index (χ1v) is 11.0. The van der Waals surface area contributed by atoms with Crippen molar-refractivity contribution in [2.45, 2.75) is 43.7 Å². The summed E-state index contributed by atoms with van der Waals surface area (Å²) in [6.45, 7) is 2.37. The van der Waals surface area contributed by atoms with Gasteiger partial charge < -0.3 is 5.32 Å². The number of nitrogens with one attached hydrogen (secondary N) is 1. The van der Waals surface area contributed by atoms with Crippen molar-refractivity contribution < 1.29 is 4.39 Å². The van der Waals surface area contributed by atoms with Gasteiger partial charge in [0.1, 0.15) is 11.6 Å². The van der Waals surface area contributed by atoms with Gasteiger partial charge in [-0.3, -0.25) is 9.47 Å². The van der Waals surface area contributed by atoms with E-state index in [2.05, 4.69) is 25.8 Å². The topological polar surface area (TPSA) is 46.0 Å². The summed E-state index contributed by atoms with van der Waals surface area (Å²) in [6, 6.07) is 9.04. The van der Waals surface area contributed by atoms with Gasteiger partial charge in [-0.05, 0) is 49.9 Å². The number of imidazole rings is 1. The maximum Gasteiger partial charge on any atom is 0.161 e. The van der Waals surface area contributed by atoms with Crippen LogP contribution in [0.5, 0.6) is 0 Å². The van der Waals surface area contributed by atoms with Gasteiger partial charge >= 0.3 is 0 Å². The number of hydrogen-bond donors (Lipinski definition) is 1. The van der Waals surface area contributed by atoms with Crippen molar-refractivity contribution in [2.75, 3.05) is 18.4 Å². The van der Waals surface area contributed by atoms with Crippen LogP contribution in [0.15, 0.2) is 42.7 Å². The highest BCUT2D eigenvalue weighted by molar-refractivity contribution is 6.30.